The number of aliphatic imine (C=N–C) groups is 1. The van der Waals surface area contributed by atoms with Crippen LogP contribution in [0.1, 0.15) is 25.8 Å². The molecule has 214 valence electrons. The van der Waals surface area contributed by atoms with Crippen LogP contribution in [0.25, 0.3) is 6.08 Å². The van der Waals surface area contributed by atoms with Crippen LogP contribution in [0, 0.1) is 0 Å². The number of rotatable bonds is 15. The van der Waals surface area contributed by atoms with Crippen LogP contribution < -0.4 is 10.1 Å². The van der Waals surface area contributed by atoms with Crippen molar-refractivity contribution in [1.82, 2.24) is 5.32 Å². The molecule has 1 aliphatic heterocycles. The zero-order valence-electron chi connectivity index (χ0n) is 22.6. The first-order chi connectivity index (χ1) is 19.4. The Bertz CT molecular complexity index is 1240. The number of thioether (sulfide) groups is 1. The van der Waals surface area contributed by atoms with E-state index in [1.165, 1.54) is 6.07 Å². The van der Waals surface area contributed by atoms with Gasteiger partial charge in [0.1, 0.15) is 23.0 Å². The molecule has 10 nitrogen and oxygen atoms in total. The first-order valence-corrected chi connectivity index (χ1v) is 13.8. The molecule has 0 saturated heterocycles. The molecule has 1 heterocycles. The summed E-state index contributed by atoms with van der Waals surface area (Å²) in [7, 11) is 0. The maximum absolute atomic E-state index is 12.6. The van der Waals surface area contributed by atoms with Gasteiger partial charge in [-0.2, -0.15) is 0 Å². The summed E-state index contributed by atoms with van der Waals surface area (Å²) in [5, 5.41) is 24.3. The number of ether oxygens (including phenoxy) is 4. The summed E-state index contributed by atoms with van der Waals surface area (Å²) in [6.45, 7) is 5.82. The lowest BCUT2D eigenvalue weighted by Crippen LogP contribution is -2.26. The van der Waals surface area contributed by atoms with E-state index in [0.717, 1.165) is 11.8 Å². The number of hydrogen-bond donors (Lipinski definition) is 3. The van der Waals surface area contributed by atoms with Crippen molar-refractivity contribution in [3.8, 4) is 11.5 Å². The second-order valence-electron chi connectivity index (χ2n) is 8.31. The van der Waals surface area contributed by atoms with E-state index in [-0.39, 0.29) is 42.0 Å². The number of phenols is 1. The molecule has 3 N–H and O–H groups in total. The Morgan fingerprint density at radius 3 is 2.40 bits per heavy atom. The van der Waals surface area contributed by atoms with Crippen molar-refractivity contribution in [2.24, 2.45) is 4.99 Å². The van der Waals surface area contributed by atoms with Crippen molar-refractivity contribution >= 4 is 40.4 Å². The molecular formula is C29H34N2O8S. The molecule has 0 unspecified atom stereocenters. The number of carbonyl (C=O) groups excluding carboxylic acids is 2. The van der Waals surface area contributed by atoms with E-state index in [0.29, 0.717) is 60.6 Å². The fraction of sp³-hybridized carbons (Fsp3) is 0.345. The summed E-state index contributed by atoms with van der Waals surface area (Å²) in [6.07, 6.45) is 2.09. The second-order valence-corrected chi connectivity index (χ2v) is 9.34. The van der Waals surface area contributed by atoms with Gasteiger partial charge in [0.25, 0.3) is 0 Å². The standard InChI is InChI=1S/C29H34N2O8S/c1-3-25(33)30-12-13-36-14-15-37-16-17-39-23-11-10-20(18-22(23)32)19-24-27(34)26(29(35)38-4-2)28(40-24)31-21-8-6-5-7-9-21/h5-11,18-19,32,34H,3-4,12-17H2,1-2H3,(H,30,33)/b24-19-,31-28?. The van der Waals surface area contributed by atoms with Gasteiger partial charge in [0.2, 0.25) is 5.91 Å². The van der Waals surface area contributed by atoms with Crippen LogP contribution in [-0.2, 0) is 23.8 Å². The number of hydrogen-bond acceptors (Lipinski definition) is 10. The van der Waals surface area contributed by atoms with Gasteiger partial charge in [-0.3, -0.25) is 4.79 Å². The maximum Gasteiger partial charge on any atom is 0.344 e. The number of carbonyl (C=O) groups is 2. The molecule has 1 amide bonds. The SMILES string of the molecule is CCOC(=O)C1=C(O)/C(=C/c2ccc(OCCOCCOCCNC(=O)CC)c(O)c2)SC1=Nc1ccccc1. The highest BCUT2D eigenvalue weighted by Gasteiger charge is 2.33. The molecule has 0 radical (unpaired) electrons. The minimum absolute atomic E-state index is 0.000195. The Hall–Kier alpha value is -3.80. The van der Waals surface area contributed by atoms with Gasteiger partial charge in [0.15, 0.2) is 11.5 Å². The molecule has 0 fully saturated rings. The molecule has 0 aromatic heterocycles. The number of esters is 1. The van der Waals surface area contributed by atoms with E-state index in [2.05, 4.69) is 10.3 Å². The maximum atomic E-state index is 12.6. The number of aliphatic hydroxyl groups excluding tert-OH is 1. The van der Waals surface area contributed by atoms with E-state index < -0.39 is 5.97 Å². The highest BCUT2D eigenvalue weighted by molar-refractivity contribution is 8.18. The molecular weight excluding hydrogens is 536 g/mol. The third kappa shape index (κ3) is 9.44. The molecule has 0 spiro atoms. The van der Waals surface area contributed by atoms with Gasteiger partial charge in [0, 0.05) is 13.0 Å². The van der Waals surface area contributed by atoms with Crippen molar-refractivity contribution in [1.29, 1.82) is 0 Å². The van der Waals surface area contributed by atoms with Gasteiger partial charge in [-0.15, -0.1) is 0 Å². The predicted molar refractivity (Wildman–Crippen MR) is 154 cm³/mol. The average molecular weight is 571 g/mol. The van der Waals surface area contributed by atoms with Crippen molar-refractivity contribution in [3.05, 3.63) is 70.3 Å². The lowest BCUT2D eigenvalue weighted by atomic mass is 10.1. The number of amides is 1. The van der Waals surface area contributed by atoms with Crippen molar-refractivity contribution in [2.45, 2.75) is 20.3 Å². The highest BCUT2D eigenvalue weighted by atomic mass is 32.2. The summed E-state index contributed by atoms with van der Waals surface area (Å²) in [5.41, 5.74) is 1.22. The lowest BCUT2D eigenvalue weighted by Gasteiger charge is -2.10. The van der Waals surface area contributed by atoms with Crippen LogP contribution in [-0.4, -0.2) is 73.3 Å². The van der Waals surface area contributed by atoms with E-state index in [9.17, 15) is 19.8 Å². The molecule has 0 bridgehead atoms. The summed E-state index contributed by atoms with van der Waals surface area (Å²) < 4.78 is 21.6. The molecule has 0 atom stereocenters. The van der Waals surface area contributed by atoms with Crippen LogP contribution >= 0.6 is 11.8 Å². The monoisotopic (exact) mass is 570 g/mol. The first-order valence-electron chi connectivity index (χ1n) is 12.9. The number of benzene rings is 2. The molecule has 11 heteroatoms. The Morgan fingerprint density at radius 1 is 0.975 bits per heavy atom. The third-order valence-corrected chi connectivity index (χ3v) is 6.40. The number of phenolic OH excluding ortho intramolecular Hbond substituents is 1. The molecule has 2 aromatic carbocycles. The van der Waals surface area contributed by atoms with Gasteiger partial charge >= 0.3 is 5.97 Å². The van der Waals surface area contributed by atoms with Crippen molar-refractivity contribution in [2.75, 3.05) is 46.2 Å². The summed E-state index contributed by atoms with van der Waals surface area (Å²) in [5.74, 6) is -0.702. The van der Waals surface area contributed by atoms with E-state index >= 15 is 0 Å². The normalized spacial score (nSPS) is 15.1. The van der Waals surface area contributed by atoms with Gasteiger partial charge in [-0.05, 0) is 42.8 Å². The number of nitrogens with zero attached hydrogens (tertiary/aromatic N) is 1. The zero-order valence-corrected chi connectivity index (χ0v) is 23.4. The molecule has 0 aliphatic carbocycles. The molecule has 2 aromatic rings. The molecule has 40 heavy (non-hydrogen) atoms. The minimum Gasteiger partial charge on any atom is -0.506 e. The fourth-order valence-corrected chi connectivity index (χ4v) is 4.46. The van der Waals surface area contributed by atoms with Crippen LogP contribution in [0.5, 0.6) is 11.5 Å². The Balaban J connectivity index is 1.54. The summed E-state index contributed by atoms with van der Waals surface area (Å²) >= 11 is 1.14. The highest BCUT2D eigenvalue weighted by Crippen LogP contribution is 2.40. The Kier molecular flexibility index (Phi) is 12.6. The van der Waals surface area contributed by atoms with Gasteiger partial charge in [-0.25, -0.2) is 9.79 Å². The minimum atomic E-state index is -0.661. The molecule has 1 aliphatic rings. The summed E-state index contributed by atoms with van der Waals surface area (Å²) in [4.78, 5) is 28.6. The first kappa shape index (κ1) is 30.7. The van der Waals surface area contributed by atoms with Crippen LogP contribution in [0.4, 0.5) is 5.69 Å². The number of para-hydroxylation sites is 1. The van der Waals surface area contributed by atoms with E-state index in [1.807, 2.05) is 18.2 Å². The van der Waals surface area contributed by atoms with Crippen LogP contribution in [0.15, 0.2) is 69.8 Å². The predicted octanol–water partition coefficient (Wildman–Crippen LogP) is 4.52. The Labute approximate surface area is 237 Å². The van der Waals surface area contributed by atoms with Crippen molar-refractivity contribution < 1.29 is 38.7 Å². The molecule has 3 rings (SSSR count). The van der Waals surface area contributed by atoms with Crippen molar-refractivity contribution in [3.63, 3.8) is 0 Å². The average Bonchev–Trinajstić information content (AvgIpc) is 3.25. The molecule has 0 saturated carbocycles. The number of nitrogens with one attached hydrogen (secondary N) is 1. The number of aromatic hydroxyl groups is 1. The van der Waals surface area contributed by atoms with Gasteiger partial charge in [-0.1, -0.05) is 43.0 Å². The second kappa shape index (κ2) is 16.3. The van der Waals surface area contributed by atoms with Crippen LogP contribution in [0.3, 0.4) is 0 Å². The quantitative estimate of drug-likeness (QED) is 0.209. The topological polar surface area (TPSA) is 136 Å². The van der Waals surface area contributed by atoms with Crippen LogP contribution in [0.2, 0.25) is 0 Å². The fourth-order valence-electron chi connectivity index (χ4n) is 3.43. The van der Waals surface area contributed by atoms with Gasteiger partial charge in [0.05, 0.1) is 43.6 Å². The zero-order chi connectivity index (χ0) is 28.7. The van der Waals surface area contributed by atoms with E-state index in [4.69, 9.17) is 18.9 Å². The van der Waals surface area contributed by atoms with Gasteiger partial charge < -0.3 is 34.5 Å². The largest absolute Gasteiger partial charge is 0.506 e. The smallest absolute Gasteiger partial charge is 0.344 e. The Morgan fingerprint density at radius 2 is 1.70 bits per heavy atom. The summed E-state index contributed by atoms with van der Waals surface area (Å²) in [6, 6.07) is 13.9. The lowest BCUT2D eigenvalue weighted by molar-refractivity contribution is -0.138. The van der Waals surface area contributed by atoms with E-state index in [1.54, 1.807) is 44.2 Å². The third-order valence-electron chi connectivity index (χ3n) is 5.38. The number of aliphatic hydroxyl groups is 1.